The van der Waals surface area contributed by atoms with E-state index < -0.39 is 10.0 Å². The Kier molecular flexibility index (Phi) is 5.15. The summed E-state index contributed by atoms with van der Waals surface area (Å²) in [5, 5.41) is 1.89. The summed E-state index contributed by atoms with van der Waals surface area (Å²) < 4.78 is 27.0. The summed E-state index contributed by atoms with van der Waals surface area (Å²) in [6, 6.07) is 8.69. The number of aryl methyl sites for hydroxylation is 1. The molecule has 0 amide bonds. The van der Waals surface area contributed by atoms with Crippen LogP contribution in [0.5, 0.6) is 0 Å². The van der Waals surface area contributed by atoms with Crippen LogP contribution in [0.3, 0.4) is 0 Å². The molecule has 3 N–H and O–H groups in total. The maximum atomic E-state index is 12.2. The van der Waals surface area contributed by atoms with E-state index in [0.29, 0.717) is 6.54 Å². The fraction of sp³-hybridized carbons (Fsp3) is 0.200. The van der Waals surface area contributed by atoms with Crippen molar-refractivity contribution in [1.82, 2.24) is 4.72 Å². The second kappa shape index (κ2) is 6.87. The smallest absolute Gasteiger partial charge is 0.240 e. The maximum absolute atomic E-state index is 12.2. The normalized spacial score (nSPS) is 11.0. The standard InChI is InChI=1S/C15H16N2O2S2/c1-12-4-2-6-15(8-12)21(18,19)17-10-14-9-13(11-20-14)5-3-7-16/h2,4,6,8-9,11,17H,7,10,16H2,1H3. The zero-order chi connectivity index (χ0) is 15.3. The molecule has 0 aliphatic heterocycles. The van der Waals surface area contributed by atoms with Crippen molar-refractivity contribution < 1.29 is 8.42 Å². The van der Waals surface area contributed by atoms with E-state index in [0.717, 1.165) is 16.0 Å². The molecule has 6 heteroatoms. The van der Waals surface area contributed by atoms with Crippen molar-refractivity contribution in [3.8, 4) is 11.8 Å². The average Bonchev–Trinajstić information content (AvgIpc) is 2.91. The Hall–Kier alpha value is -1.65. The third-order valence-corrected chi connectivity index (χ3v) is 5.06. The van der Waals surface area contributed by atoms with E-state index in [9.17, 15) is 8.42 Å². The second-order valence-corrected chi connectivity index (χ2v) is 7.21. The van der Waals surface area contributed by atoms with Crippen LogP contribution < -0.4 is 10.5 Å². The highest BCUT2D eigenvalue weighted by Gasteiger charge is 2.13. The lowest BCUT2D eigenvalue weighted by atomic mass is 10.2. The first-order valence-electron chi connectivity index (χ1n) is 6.34. The molecule has 0 aliphatic carbocycles. The van der Waals surface area contributed by atoms with Gasteiger partial charge in [0.25, 0.3) is 0 Å². The monoisotopic (exact) mass is 320 g/mol. The van der Waals surface area contributed by atoms with E-state index in [1.165, 1.54) is 11.3 Å². The molecule has 21 heavy (non-hydrogen) atoms. The number of hydrogen-bond donors (Lipinski definition) is 2. The predicted octanol–water partition coefficient (Wildman–Crippen LogP) is 1.85. The van der Waals surface area contributed by atoms with Crippen molar-refractivity contribution in [2.24, 2.45) is 5.73 Å². The quantitative estimate of drug-likeness (QED) is 0.845. The van der Waals surface area contributed by atoms with Crippen molar-refractivity contribution in [3.63, 3.8) is 0 Å². The van der Waals surface area contributed by atoms with Gasteiger partial charge in [-0.15, -0.1) is 11.3 Å². The average molecular weight is 320 g/mol. The van der Waals surface area contributed by atoms with Crippen molar-refractivity contribution in [1.29, 1.82) is 0 Å². The number of benzene rings is 1. The number of sulfonamides is 1. The maximum Gasteiger partial charge on any atom is 0.240 e. The van der Waals surface area contributed by atoms with Gasteiger partial charge in [0.1, 0.15) is 0 Å². The lowest BCUT2D eigenvalue weighted by Gasteiger charge is -2.06. The summed E-state index contributed by atoms with van der Waals surface area (Å²) in [5.41, 5.74) is 7.08. The molecule has 0 unspecified atom stereocenters. The largest absolute Gasteiger partial charge is 0.320 e. The Morgan fingerprint density at radius 3 is 2.86 bits per heavy atom. The molecular weight excluding hydrogens is 304 g/mol. The third-order valence-electron chi connectivity index (χ3n) is 2.72. The van der Waals surface area contributed by atoms with Crippen molar-refractivity contribution >= 4 is 21.4 Å². The molecule has 0 atom stereocenters. The molecule has 0 aliphatic rings. The molecule has 0 fully saturated rings. The number of thiophene rings is 1. The molecule has 1 aromatic carbocycles. The van der Waals surface area contributed by atoms with Crippen LogP contribution in [-0.2, 0) is 16.6 Å². The molecule has 1 aromatic heterocycles. The van der Waals surface area contributed by atoms with Gasteiger partial charge < -0.3 is 5.73 Å². The second-order valence-electron chi connectivity index (χ2n) is 4.45. The fourth-order valence-electron chi connectivity index (χ4n) is 1.72. The molecule has 0 bridgehead atoms. The van der Waals surface area contributed by atoms with E-state index >= 15 is 0 Å². The molecule has 0 radical (unpaired) electrons. The van der Waals surface area contributed by atoms with E-state index in [1.807, 2.05) is 24.4 Å². The summed E-state index contributed by atoms with van der Waals surface area (Å²) in [6.07, 6.45) is 0. The molecule has 0 saturated carbocycles. The highest BCUT2D eigenvalue weighted by atomic mass is 32.2. The van der Waals surface area contributed by atoms with Crippen LogP contribution in [0.1, 0.15) is 16.0 Å². The van der Waals surface area contributed by atoms with Crippen LogP contribution in [0.15, 0.2) is 40.6 Å². The molecule has 110 valence electrons. The number of rotatable bonds is 4. The summed E-state index contributed by atoms with van der Waals surface area (Å²) in [4.78, 5) is 1.19. The highest BCUT2D eigenvalue weighted by molar-refractivity contribution is 7.89. The van der Waals surface area contributed by atoms with Gasteiger partial charge in [-0.25, -0.2) is 13.1 Å². The van der Waals surface area contributed by atoms with Gasteiger partial charge in [0.15, 0.2) is 0 Å². The zero-order valence-electron chi connectivity index (χ0n) is 11.6. The first-order valence-corrected chi connectivity index (χ1v) is 8.70. The van der Waals surface area contributed by atoms with Gasteiger partial charge in [-0.3, -0.25) is 0 Å². The predicted molar refractivity (Wildman–Crippen MR) is 85.5 cm³/mol. The zero-order valence-corrected chi connectivity index (χ0v) is 13.2. The minimum Gasteiger partial charge on any atom is -0.320 e. The Morgan fingerprint density at radius 1 is 1.33 bits per heavy atom. The first-order chi connectivity index (χ1) is 10.0. The molecule has 0 spiro atoms. The van der Waals surface area contributed by atoms with Gasteiger partial charge in [-0.1, -0.05) is 24.0 Å². The summed E-state index contributed by atoms with van der Waals surface area (Å²) >= 11 is 1.47. The Labute approximate surface area is 129 Å². The van der Waals surface area contributed by atoms with Gasteiger partial charge in [0, 0.05) is 22.4 Å². The van der Waals surface area contributed by atoms with Crippen molar-refractivity contribution in [2.45, 2.75) is 18.4 Å². The van der Waals surface area contributed by atoms with Crippen LogP contribution in [0.25, 0.3) is 0 Å². The first kappa shape index (κ1) is 15.7. The van der Waals surface area contributed by atoms with E-state index in [2.05, 4.69) is 16.6 Å². The Morgan fingerprint density at radius 2 is 2.14 bits per heavy atom. The van der Waals surface area contributed by atoms with Gasteiger partial charge in [-0.05, 0) is 30.7 Å². The lowest BCUT2D eigenvalue weighted by Crippen LogP contribution is -2.22. The highest BCUT2D eigenvalue weighted by Crippen LogP contribution is 2.16. The van der Waals surface area contributed by atoms with E-state index in [4.69, 9.17) is 5.73 Å². The summed E-state index contributed by atoms with van der Waals surface area (Å²) in [5.74, 6) is 5.69. The molecule has 2 aromatic rings. The number of nitrogens with one attached hydrogen (secondary N) is 1. The van der Waals surface area contributed by atoms with Crippen molar-refractivity contribution in [2.75, 3.05) is 6.54 Å². The van der Waals surface area contributed by atoms with Crippen LogP contribution in [0, 0.1) is 18.8 Å². The molecule has 2 rings (SSSR count). The van der Waals surface area contributed by atoms with Crippen LogP contribution in [0.4, 0.5) is 0 Å². The Bertz CT molecular complexity index is 783. The van der Waals surface area contributed by atoms with Crippen LogP contribution in [-0.4, -0.2) is 15.0 Å². The molecular formula is C15H16N2O2S2. The number of hydrogen-bond acceptors (Lipinski definition) is 4. The van der Waals surface area contributed by atoms with Gasteiger partial charge in [-0.2, -0.15) is 0 Å². The van der Waals surface area contributed by atoms with Crippen LogP contribution >= 0.6 is 11.3 Å². The lowest BCUT2D eigenvalue weighted by molar-refractivity contribution is 0.581. The Balaban J connectivity index is 2.07. The molecule has 1 heterocycles. The van der Waals surface area contributed by atoms with E-state index in [-0.39, 0.29) is 11.4 Å². The third kappa shape index (κ3) is 4.41. The molecule has 0 saturated heterocycles. The topological polar surface area (TPSA) is 72.2 Å². The minimum atomic E-state index is -3.49. The molecule has 4 nitrogen and oxygen atoms in total. The summed E-state index contributed by atoms with van der Waals surface area (Å²) in [7, 11) is -3.49. The van der Waals surface area contributed by atoms with Crippen molar-refractivity contribution in [3.05, 3.63) is 51.7 Å². The summed E-state index contributed by atoms with van der Waals surface area (Å²) in [6.45, 7) is 2.43. The number of nitrogens with two attached hydrogens (primary N) is 1. The van der Waals surface area contributed by atoms with Crippen LogP contribution in [0.2, 0.25) is 0 Å². The minimum absolute atomic E-state index is 0.255. The SMILES string of the molecule is Cc1cccc(S(=O)(=O)NCc2cc(C#CCN)cs2)c1. The van der Waals surface area contributed by atoms with Gasteiger partial charge in [0.2, 0.25) is 10.0 Å². The van der Waals surface area contributed by atoms with Gasteiger partial charge >= 0.3 is 0 Å². The van der Waals surface area contributed by atoms with E-state index in [1.54, 1.807) is 18.2 Å². The fourth-order valence-corrected chi connectivity index (χ4v) is 3.68. The van der Waals surface area contributed by atoms with Gasteiger partial charge in [0.05, 0.1) is 11.4 Å².